The summed E-state index contributed by atoms with van der Waals surface area (Å²) in [6.07, 6.45) is 3.26. The fraction of sp³-hybridized carbons (Fsp3) is 0.241. The highest BCUT2D eigenvalue weighted by Gasteiger charge is 2.43. The summed E-state index contributed by atoms with van der Waals surface area (Å²) in [4.78, 5) is 15.4. The smallest absolute Gasteiger partial charge is 0.273 e. The van der Waals surface area contributed by atoms with Crippen molar-refractivity contribution in [1.82, 2.24) is 15.1 Å². The Hall–Kier alpha value is -4.46. The quantitative estimate of drug-likeness (QED) is 0.287. The lowest BCUT2D eigenvalue weighted by molar-refractivity contribution is 0.0716. The second-order valence-corrected chi connectivity index (χ2v) is 8.99. The van der Waals surface area contributed by atoms with Crippen LogP contribution in [0.15, 0.2) is 65.8 Å². The number of H-pyrrole nitrogens is 1. The Kier molecular flexibility index (Phi) is 6.48. The van der Waals surface area contributed by atoms with Gasteiger partial charge >= 0.3 is 0 Å². The van der Waals surface area contributed by atoms with Crippen LogP contribution in [0, 0.1) is 13.8 Å². The molecule has 5 rings (SSSR count). The fourth-order valence-electron chi connectivity index (χ4n) is 4.95. The van der Waals surface area contributed by atoms with E-state index in [-0.39, 0.29) is 18.2 Å². The number of rotatable bonds is 9. The van der Waals surface area contributed by atoms with Crippen LogP contribution < -0.4 is 9.47 Å². The first-order chi connectivity index (χ1) is 17.9. The van der Waals surface area contributed by atoms with Gasteiger partial charge < -0.3 is 23.9 Å². The molecule has 0 saturated carbocycles. The van der Waals surface area contributed by atoms with Crippen molar-refractivity contribution in [3.63, 3.8) is 0 Å². The molecule has 2 N–H and O–H groups in total. The number of phenolic OH excluding ortho intramolecular Hbond substituents is 1. The van der Waals surface area contributed by atoms with Crippen molar-refractivity contribution in [2.75, 3.05) is 13.2 Å². The number of carbonyl (C=O) groups excluding carboxylic acids is 1. The molecule has 8 heteroatoms. The number of phenols is 1. The van der Waals surface area contributed by atoms with E-state index in [2.05, 4.69) is 16.8 Å². The van der Waals surface area contributed by atoms with Crippen molar-refractivity contribution in [1.29, 1.82) is 0 Å². The third-order valence-electron chi connectivity index (χ3n) is 6.41. The second kappa shape index (κ2) is 9.89. The summed E-state index contributed by atoms with van der Waals surface area (Å²) in [6, 6.07) is 12.5. The van der Waals surface area contributed by atoms with E-state index >= 15 is 0 Å². The summed E-state index contributed by atoms with van der Waals surface area (Å²) in [7, 11) is 0. The van der Waals surface area contributed by atoms with Crippen LogP contribution in [0.25, 0.3) is 11.3 Å². The Morgan fingerprint density at radius 2 is 2.03 bits per heavy atom. The average molecular weight is 500 g/mol. The number of benzene rings is 2. The summed E-state index contributed by atoms with van der Waals surface area (Å²) in [5.41, 5.74) is 4.84. The molecular weight excluding hydrogens is 470 g/mol. The zero-order valence-electron chi connectivity index (χ0n) is 21.1. The van der Waals surface area contributed by atoms with Gasteiger partial charge in [-0.15, -0.1) is 0 Å². The zero-order valence-corrected chi connectivity index (χ0v) is 21.1. The molecule has 0 spiro atoms. The predicted molar refractivity (Wildman–Crippen MR) is 139 cm³/mol. The van der Waals surface area contributed by atoms with E-state index in [1.807, 2.05) is 51.1 Å². The highest BCUT2D eigenvalue weighted by Crippen LogP contribution is 2.47. The molecule has 1 aliphatic heterocycles. The largest absolute Gasteiger partial charge is 0.507 e. The van der Waals surface area contributed by atoms with Crippen molar-refractivity contribution in [3.05, 3.63) is 95.1 Å². The highest BCUT2D eigenvalue weighted by molar-refractivity contribution is 6.00. The first-order valence-electron chi connectivity index (χ1n) is 12.2. The molecule has 37 heavy (non-hydrogen) atoms. The summed E-state index contributed by atoms with van der Waals surface area (Å²) < 4.78 is 17.3. The molecule has 0 fully saturated rings. The van der Waals surface area contributed by atoms with E-state index in [1.54, 1.807) is 29.4 Å². The molecule has 0 bridgehead atoms. The Morgan fingerprint density at radius 3 is 2.73 bits per heavy atom. The summed E-state index contributed by atoms with van der Waals surface area (Å²) >= 11 is 0. The predicted octanol–water partition coefficient (Wildman–Crippen LogP) is 5.70. The normalized spacial score (nSPS) is 14.6. The van der Waals surface area contributed by atoms with Crippen molar-refractivity contribution < 1.29 is 23.8 Å². The summed E-state index contributed by atoms with van der Waals surface area (Å²) in [5.74, 6) is 1.73. The molecule has 1 atom stereocenters. The van der Waals surface area contributed by atoms with Gasteiger partial charge in [-0.05, 0) is 67.8 Å². The van der Waals surface area contributed by atoms with Crippen LogP contribution >= 0.6 is 0 Å². The molecule has 0 unspecified atom stereocenters. The molecular formula is C29H29N3O5. The number of nitrogens with one attached hydrogen (secondary N) is 1. The van der Waals surface area contributed by atoms with E-state index < -0.39 is 6.04 Å². The maximum absolute atomic E-state index is 13.7. The van der Waals surface area contributed by atoms with E-state index in [0.717, 1.165) is 16.7 Å². The molecule has 1 aliphatic rings. The van der Waals surface area contributed by atoms with Crippen molar-refractivity contribution >= 4 is 5.91 Å². The minimum Gasteiger partial charge on any atom is -0.507 e. The lowest BCUT2D eigenvalue weighted by atomic mass is 9.93. The Morgan fingerprint density at radius 1 is 1.19 bits per heavy atom. The highest BCUT2D eigenvalue weighted by atomic mass is 16.5. The molecule has 190 valence electrons. The van der Waals surface area contributed by atoms with E-state index in [0.29, 0.717) is 53.0 Å². The van der Waals surface area contributed by atoms with Gasteiger partial charge in [-0.2, -0.15) is 5.10 Å². The number of fused-ring (bicyclic) bond motifs is 1. The minimum absolute atomic E-state index is 0.116. The van der Waals surface area contributed by atoms with Gasteiger partial charge in [-0.25, -0.2) is 0 Å². The molecule has 0 saturated heterocycles. The summed E-state index contributed by atoms with van der Waals surface area (Å²) in [6.45, 7) is 10.5. The standard InChI is InChI=1S/C29H29N3O5/c1-5-11-37-22-10-9-19(15-23(22)35-6-2)28-25-26(24-18(4)13-17(3)14-21(24)33)30-31-27(25)29(34)32(28)16-20-8-7-12-36-20/h5,7-10,12-15,28,33H,1,6,11,16H2,2-4H3,(H,30,31)/t28-/m1/s1. The maximum Gasteiger partial charge on any atom is 0.273 e. The third kappa shape index (κ3) is 4.35. The number of carbonyl (C=O) groups is 1. The van der Waals surface area contributed by atoms with Crippen molar-refractivity contribution in [3.8, 4) is 28.5 Å². The zero-order chi connectivity index (χ0) is 26.1. The number of aromatic nitrogens is 2. The number of aromatic hydroxyl groups is 1. The molecule has 2 aromatic carbocycles. The number of aromatic amines is 1. The van der Waals surface area contributed by atoms with E-state index in [9.17, 15) is 9.90 Å². The number of ether oxygens (including phenoxy) is 2. The SMILES string of the molecule is C=CCOc1ccc([C@@H]2c3c(-c4c(C)cc(C)cc4O)n[nH]c3C(=O)N2Cc2ccco2)cc1OCC. The third-order valence-corrected chi connectivity index (χ3v) is 6.41. The number of amides is 1. The molecule has 3 heterocycles. The van der Waals surface area contributed by atoms with Gasteiger partial charge in [0.15, 0.2) is 11.5 Å². The number of furan rings is 1. The maximum atomic E-state index is 13.7. The average Bonchev–Trinajstić information content (AvgIpc) is 3.58. The van der Waals surface area contributed by atoms with Crippen molar-refractivity contribution in [2.45, 2.75) is 33.4 Å². The minimum atomic E-state index is -0.505. The van der Waals surface area contributed by atoms with Gasteiger partial charge in [0.25, 0.3) is 5.91 Å². The van der Waals surface area contributed by atoms with Crippen LogP contribution in [-0.4, -0.2) is 39.3 Å². The van der Waals surface area contributed by atoms with Crippen LogP contribution in [-0.2, 0) is 6.54 Å². The van der Waals surface area contributed by atoms with Crippen LogP contribution in [0.1, 0.15) is 51.5 Å². The Balaban J connectivity index is 1.68. The molecule has 4 aromatic rings. The topological polar surface area (TPSA) is 101 Å². The van der Waals surface area contributed by atoms with Crippen LogP contribution in [0.5, 0.6) is 17.2 Å². The van der Waals surface area contributed by atoms with Crippen LogP contribution in [0.2, 0.25) is 0 Å². The number of hydrogen-bond acceptors (Lipinski definition) is 6. The van der Waals surface area contributed by atoms with Gasteiger partial charge in [-0.3, -0.25) is 9.89 Å². The molecule has 2 aromatic heterocycles. The molecule has 8 nitrogen and oxygen atoms in total. The van der Waals surface area contributed by atoms with E-state index in [4.69, 9.17) is 13.9 Å². The first kappa shape index (κ1) is 24.2. The van der Waals surface area contributed by atoms with Gasteiger partial charge in [0.1, 0.15) is 29.5 Å². The van der Waals surface area contributed by atoms with Gasteiger partial charge in [0.05, 0.1) is 25.5 Å². The van der Waals surface area contributed by atoms with Gasteiger partial charge in [-0.1, -0.05) is 24.8 Å². The monoisotopic (exact) mass is 499 g/mol. The Bertz CT molecular complexity index is 1430. The lowest BCUT2D eigenvalue weighted by Crippen LogP contribution is -2.29. The van der Waals surface area contributed by atoms with Gasteiger partial charge in [0, 0.05) is 11.1 Å². The second-order valence-electron chi connectivity index (χ2n) is 8.99. The fourth-order valence-corrected chi connectivity index (χ4v) is 4.95. The Labute approximate surface area is 215 Å². The first-order valence-corrected chi connectivity index (χ1v) is 12.2. The number of nitrogens with zero attached hydrogens (tertiary/aromatic N) is 2. The molecule has 0 aliphatic carbocycles. The molecule has 1 amide bonds. The number of aryl methyl sites for hydroxylation is 2. The summed E-state index contributed by atoms with van der Waals surface area (Å²) in [5, 5.41) is 18.3. The lowest BCUT2D eigenvalue weighted by Gasteiger charge is -2.26. The van der Waals surface area contributed by atoms with E-state index in [1.165, 1.54) is 0 Å². The van der Waals surface area contributed by atoms with Crippen molar-refractivity contribution in [2.24, 2.45) is 0 Å². The molecule has 0 radical (unpaired) electrons. The number of hydrogen-bond donors (Lipinski definition) is 2. The van der Waals surface area contributed by atoms with Gasteiger partial charge in [0.2, 0.25) is 0 Å². The van der Waals surface area contributed by atoms with Crippen LogP contribution in [0.4, 0.5) is 0 Å². The van der Waals surface area contributed by atoms with Crippen LogP contribution in [0.3, 0.4) is 0 Å².